The van der Waals surface area contributed by atoms with Gasteiger partial charge in [-0.2, -0.15) is 0 Å². The Morgan fingerprint density at radius 1 is 1.20 bits per heavy atom. The van der Waals surface area contributed by atoms with Gasteiger partial charge >= 0.3 is 0 Å². The van der Waals surface area contributed by atoms with Gasteiger partial charge < -0.3 is 10.6 Å². The van der Waals surface area contributed by atoms with Gasteiger partial charge in [0.1, 0.15) is 0 Å². The Morgan fingerprint density at radius 3 is 2.70 bits per heavy atom. The van der Waals surface area contributed by atoms with Crippen molar-refractivity contribution in [2.75, 3.05) is 20.1 Å². The summed E-state index contributed by atoms with van der Waals surface area (Å²) in [5.41, 5.74) is 1.96. The molecular weight excluding hydrogens is 248 g/mol. The van der Waals surface area contributed by atoms with Crippen molar-refractivity contribution < 1.29 is 4.79 Å². The van der Waals surface area contributed by atoms with E-state index in [-0.39, 0.29) is 5.91 Å². The van der Waals surface area contributed by atoms with Crippen molar-refractivity contribution in [2.45, 2.75) is 38.5 Å². The van der Waals surface area contributed by atoms with Crippen molar-refractivity contribution in [2.24, 2.45) is 5.92 Å². The minimum Gasteiger partial charge on any atom is -0.352 e. The molecule has 1 aliphatic carbocycles. The van der Waals surface area contributed by atoms with Gasteiger partial charge in [0, 0.05) is 12.1 Å². The van der Waals surface area contributed by atoms with Crippen LogP contribution in [0.2, 0.25) is 0 Å². The third-order valence-corrected chi connectivity index (χ3v) is 4.18. The predicted molar refractivity (Wildman–Crippen MR) is 83.0 cm³/mol. The van der Waals surface area contributed by atoms with E-state index in [1.807, 2.05) is 31.3 Å². The number of rotatable bonds is 6. The third-order valence-electron chi connectivity index (χ3n) is 4.18. The van der Waals surface area contributed by atoms with Crippen LogP contribution in [0.25, 0.3) is 0 Å². The molecule has 20 heavy (non-hydrogen) atoms. The van der Waals surface area contributed by atoms with Gasteiger partial charge in [0.25, 0.3) is 5.91 Å². The first-order valence-electron chi connectivity index (χ1n) is 7.82. The molecule has 1 aromatic rings. The molecule has 1 fully saturated rings. The molecule has 110 valence electrons. The molecule has 0 bridgehead atoms. The van der Waals surface area contributed by atoms with Gasteiger partial charge in [0.2, 0.25) is 0 Å². The summed E-state index contributed by atoms with van der Waals surface area (Å²) in [7, 11) is 1.94. The van der Waals surface area contributed by atoms with E-state index in [2.05, 4.69) is 10.6 Å². The van der Waals surface area contributed by atoms with Crippen LogP contribution in [-0.4, -0.2) is 26.0 Å². The van der Waals surface area contributed by atoms with E-state index in [1.165, 1.54) is 32.1 Å². The number of nitrogens with one attached hydrogen (secondary N) is 2. The van der Waals surface area contributed by atoms with Gasteiger partial charge in [-0.3, -0.25) is 4.79 Å². The lowest BCUT2D eigenvalue weighted by molar-refractivity contribution is 0.0942. The molecule has 0 radical (unpaired) electrons. The minimum absolute atomic E-state index is 0.0854. The summed E-state index contributed by atoms with van der Waals surface area (Å²) in [5.74, 6) is 0.763. The summed E-state index contributed by atoms with van der Waals surface area (Å²) in [4.78, 5) is 12.3. The molecule has 0 aliphatic heterocycles. The number of hydrogen-bond acceptors (Lipinski definition) is 2. The van der Waals surface area contributed by atoms with Gasteiger partial charge in [0.05, 0.1) is 0 Å². The van der Waals surface area contributed by atoms with E-state index >= 15 is 0 Å². The molecule has 0 unspecified atom stereocenters. The van der Waals surface area contributed by atoms with E-state index in [0.29, 0.717) is 5.92 Å². The maximum Gasteiger partial charge on any atom is 0.251 e. The Hall–Kier alpha value is -1.35. The first kappa shape index (κ1) is 15.0. The Kier molecular flexibility index (Phi) is 6.06. The normalized spacial score (nSPS) is 16.1. The largest absolute Gasteiger partial charge is 0.352 e. The second-order valence-electron chi connectivity index (χ2n) is 5.72. The standard InChI is InChI=1S/C17H26N2O/c1-18-12-11-15-9-5-6-10-16(15)17(20)19-13-14-7-3-2-4-8-14/h5-6,9-10,14,18H,2-4,7-8,11-13H2,1H3,(H,19,20). The Labute approximate surface area is 122 Å². The average Bonchev–Trinajstić information content (AvgIpc) is 2.52. The van der Waals surface area contributed by atoms with Gasteiger partial charge in [-0.15, -0.1) is 0 Å². The monoisotopic (exact) mass is 274 g/mol. The van der Waals surface area contributed by atoms with Crippen LogP contribution in [0.3, 0.4) is 0 Å². The first-order chi connectivity index (χ1) is 9.81. The molecule has 3 nitrogen and oxygen atoms in total. The lowest BCUT2D eigenvalue weighted by Crippen LogP contribution is -2.31. The summed E-state index contributed by atoms with van der Waals surface area (Å²) >= 11 is 0. The minimum atomic E-state index is 0.0854. The predicted octanol–water partition coefficient (Wildman–Crippen LogP) is 2.76. The fourth-order valence-corrected chi connectivity index (χ4v) is 2.94. The van der Waals surface area contributed by atoms with Crippen LogP contribution in [0.15, 0.2) is 24.3 Å². The summed E-state index contributed by atoms with van der Waals surface area (Å²) < 4.78 is 0. The molecule has 2 rings (SSSR count). The number of hydrogen-bond donors (Lipinski definition) is 2. The topological polar surface area (TPSA) is 41.1 Å². The number of carbonyl (C=O) groups is 1. The van der Waals surface area contributed by atoms with E-state index < -0.39 is 0 Å². The highest BCUT2D eigenvalue weighted by Crippen LogP contribution is 2.22. The Morgan fingerprint density at radius 2 is 1.95 bits per heavy atom. The van der Waals surface area contributed by atoms with Crippen molar-refractivity contribution in [3.63, 3.8) is 0 Å². The van der Waals surface area contributed by atoms with Crippen LogP contribution in [0, 0.1) is 5.92 Å². The van der Waals surface area contributed by atoms with Crippen LogP contribution in [0.1, 0.15) is 48.0 Å². The van der Waals surface area contributed by atoms with Crippen molar-refractivity contribution in [3.05, 3.63) is 35.4 Å². The molecule has 1 aliphatic rings. The molecule has 1 amide bonds. The van der Waals surface area contributed by atoms with Crippen LogP contribution in [0.5, 0.6) is 0 Å². The molecular formula is C17H26N2O. The van der Waals surface area contributed by atoms with E-state index in [1.54, 1.807) is 0 Å². The second-order valence-corrected chi connectivity index (χ2v) is 5.72. The fourth-order valence-electron chi connectivity index (χ4n) is 2.94. The molecule has 0 spiro atoms. The SMILES string of the molecule is CNCCc1ccccc1C(=O)NCC1CCCCC1. The highest BCUT2D eigenvalue weighted by molar-refractivity contribution is 5.95. The number of benzene rings is 1. The summed E-state index contributed by atoms with van der Waals surface area (Å²) in [6.07, 6.45) is 7.42. The highest BCUT2D eigenvalue weighted by Gasteiger charge is 2.16. The van der Waals surface area contributed by atoms with Crippen molar-refractivity contribution in [3.8, 4) is 0 Å². The molecule has 0 heterocycles. The third kappa shape index (κ3) is 4.34. The zero-order chi connectivity index (χ0) is 14.2. The van der Waals surface area contributed by atoms with Gasteiger partial charge in [-0.05, 0) is 50.4 Å². The van der Waals surface area contributed by atoms with E-state index in [0.717, 1.165) is 30.6 Å². The summed E-state index contributed by atoms with van der Waals surface area (Å²) in [6.45, 7) is 1.73. The average molecular weight is 274 g/mol. The zero-order valence-electron chi connectivity index (χ0n) is 12.5. The fraction of sp³-hybridized carbons (Fsp3) is 0.588. The van der Waals surface area contributed by atoms with Crippen molar-refractivity contribution in [1.29, 1.82) is 0 Å². The van der Waals surface area contributed by atoms with Crippen LogP contribution in [-0.2, 0) is 6.42 Å². The molecule has 3 heteroatoms. The Balaban J connectivity index is 1.90. The zero-order valence-corrected chi connectivity index (χ0v) is 12.5. The quantitative estimate of drug-likeness (QED) is 0.837. The number of likely N-dealkylation sites (N-methyl/N-ethyl adjacent to an activating group) is 1. The number of carbonyl (C=O) groups excluding carboxylic acids is 1. The van der Waals surface area contributed by atoms with Crippen LogP contribution in [0.4, 0.5) is 0 Å². The lowest BCUT2D eigenvalue weighted by Gasteiger charge is -2.22. The van der Waals surface area contributed by atoms with Gasteiger partial charge in [0.15, 0.2) is 0 Å². The Bertz CT molecular complexity index is 425. The second kappa shape index (κ2) is 8.05. The molecule has 0 atom stereocenters. The van der Waals surface area contributed by atoms with Crippen LogP contribution < -0.4 is 10.6 Å². The first-order valence-corrected chi connectivity index (χ1v) is 7.82. The van der Waals surface area contributed by atoms with Crippen molar-refractivity contribution in [1.82, 2.24) is 10.6 Å². The van der Waals surface area contributed by atoms with Crippen LogP contribution >= 0.6 is 0 Å². The lowest BCUT2D eigenvalue weighted by atomic mass is 9.89. The maximum atomic E-state index is 12.3. The molecule has 0 aromatic heterocycles. The molecule has 1 aromatic carbocycles. The van der Waals surface area contributed by atoms with Crippen molar-refractivity contribution >= 4 is 5.91 Å². The highest BCUT2D eigenvalue weighted by atomic mass is 16.1. The molecule has 2 N–H and O–H groups in total. The molecule has 0 saturated heterocycles. The van der Waals surface area contributed by atoms with E-state index in [9.17, 15) is 4.79 Å². The maximum absolute atomic E-state index is 12.3. The van der Waals surface area contributed by atoms with E-state index in [4.69, 9.17) is 0 Å². The summed E-state index contributed by atoms with van der Waals surface area (Å²) in [5, 5.41) is 6.26. The number of amides is 1. The van der Waals surface area contributed by atoms with Gasteiger partial charge in [-0.1, -0.05) is 37.5 Å². The van der Waals surface area contributed by atoms with Gasteiger partial charge in [-0.25, -0.2) is 0 Å². The summed E-state index contributed by atoms with van der Waals surface area (Å²) in [6, 6.07) is 7.93. The molecule has 1 saturated carbocycles. The smallest absolute Gasteiger partial charge is 0.251 e.